The summed E-state index contributed by atoms with van der Waals surface area (Å²) in [5.41, 5.74) is -2.00. The number of benzene rings is 1. The molecule has 1 saturated carbocycles. The molecule has 1 aliphatic carbocycles. The molecule has 0 aliphatic heterocycles. The lowest BCUT2D eigenvalue weighted by Gasteiger charge is -2.37. The standard InChI is InChI=1S/C14H17F3O/c1-10-5-4-8-13(18,9-10)11-6-2-3-7-12(11)14(15,16)17/h2-3,6-7,10,18H,4-5,8-9H2,1H3. The lowest BCUT2D eigenvalue weighted by atomic mass is 9.74. The van der Waals surface area contributed by atoms with E-state index in [1.54, 1.807) is 6.07 Å². The fraction of sp³-hybridized carbons (Fsp3) is 0.571. The van der Waals surface area contributed by atoms with Crippen LogP contribution >= 0.6 is 0 Å². The molecule has 2 unspecified atom stereocenters. The van der Waals surface area contributed by atoms with Crippen LogP contribution in [0.1, 0.15) is 43.7 Å². The summed E-state index contributed by atoms with van der Waals surface area (Å²) in [7, 11) is 0. The number of hydrogen-bond acceptors (Lipinski definition) is 1. The van der Waals surface area contributed by atoms with Crippen molar-refractivity contribution in [1.82, 2.24) is 0 Å². The SMILES string of the molecule is CC1CCCC(O)(c2ccccc2C(F)(F)F)C1. The van der Waals surface area contributed by atoms with Crippen LogP contribution in [0, 0.1) is 5.92 Å². The summed E-state index contributed by atoms with van der Waals surface area (Å²) in [5, 5.41) is 10.6. The summed E-state index contributed by atoms with van der Waals surface area (Å²) >= 11 is 0. The van der Waals surface area contributed by atoms with Gasteiger partial charge in [-0.2, -0.15) is 13.2 Å². The van der Waals surface area contributed by atoms with E-state index in [0.717, 1.165) is 18.9 Å². The highest BCUT2D eigenvalue weighted by Gasteiger charge is 2.42. The molecule has 18 heavy (non-hydrogen) atoms. The van der Waals surface area contributed by atoms with Crippen LogP contribution in [0.4, 0.5) is 13.2 Å². The van der Waals surface area contributed by atoms with Crippen molar-refractivity contribution in [3.63, 3.8) is 0 Å². The Labute approximate surface area is 105 Å². The third-order valence-corrected chi connectivity index (χ3v) is 3.71. The quantitative estimate of drug-likeness (QED) is 0.804. The summed E-state index contributed by atoms with van der Waals surface area (Å²) in [4.78, 5) is 0. The maximum atomic E-state index is 13.0. The fourth-order valence-corrected chi connectivity index (χ4v) is 2.90. The Morgan fingerprint density at radius 2 is 1.94 bits per heavy atom. The molecule has 0 heterocycles. The van der Waals surface area contributed by atoms with Gasteiger partial charge < -0.3 is 5.11 Å². The Hall–Kier alpha value is -1.03. The highest BCUT2D eigenvalue weighted by Crippen LogP contribution is 2.44. The van der Waals surface area contributed by atoms with Gasteiger partial charge in [-0.15, -0.1) is 0 Å². The molecule has 1 aromatic rings. The average molecular weight is 258 g/mol. The van der Waals surface area contributed by atoms with Crippen LogP contribution in [0.5, 0.6) is 0 Å². The maximum Gasteiger partial charge on any atom is 0.416 e. The smallest absolute Gasteiger partial charge is 0.385 e. The zero-order chi connectivity index (χ0) is 13.4. The molecule has 1 fully saturated rings. The minimum absolute atomic E-state index is 0.0315. The summed E-state index contributed by atoms with van der Waals surface area (Å²) in [6.45, 7) is 1.97. The van der Waals surface area contributed by atoms with E-state index in [1.165, 1.54) is 12.1 Å². The molecular formula is C14H17F3O. The van der Waals surface area contributed by atoms with E-state index in [0.29, 0.717) is 12.8 Å². The zero-order valence-electron chi connectivity index (χ0n) is 10.3. The number of hydrogen-bond donors (Lipinski definition) is 1. The number of alkyl halides is 3. The fourth-order valence-electron chi connectivity index (χ4n) is 2.90. The molecule has 0 radical (unpaired) electrons. The van der Waals surface area contributed by atoms with Crippen LogP contribution in [0.15, 0.2) is 24.3 Å². The van der Waals surface area contributed by atoms with E-state index < -0.39 is 17.3 Å². The summed E-state index contributed by atoms with van der Waals surface area (Å²) in [6.07, 6.45) is -1.86. The number of rotatable bonds is 1. The van der Waals surface area contributed by atoms with Gasteiger partial charge in [-0.25, -0.2) is 0 Å². The van der Waals surface area contributed by atoms with Crippen LogP contribution < -0.4 is 0 Å². The van der Waals surface area contributed by atoms with E-state index in [-0.39, 0.29) is 11.5 Å². The lowest BCUT2D eigenvalue weighted by molar-refractivity contribution is -0.141. The first-order valence-corrected chi connectivity index (χ1v) is 6.22. The van der Waals surface area contributed by atoms with Crippen molar-refractivity contribution in [2.24, 2.45) is 5.92 Å². The van der Waals surface area contributed by atoms with Crippen LogP contribution in [0.3, 0.4) is 0 Å². The highest BCUT2D eigenvalue weighted by molar-refractivity contribution is 5.35. The van der Waals surface area contributed by atoms with Gasteiger partial charge >= 0.3 is 6.18 Å². The largest absolute Gasteiger partial charge is 0.416 e. The second-order valence-corrected chi connectivity index (χ2v) is 5.28. The van der Waals surface area contributed by atoms with Gasteiger partial charge in [0.1, 0.15) is 0 Å². The molecule has 4 heteroatoms. The van der Waals surface area contributed by atoms with Gasteiger partial charge in [0.05, 0.1) is 11.2 Å². The molecule has 0 saturated heterocycles. The van der Waals surface area contributed by atoms with Gasteiger partial charge in [0.25, 0.3) is 0 Å². The van der Waals surface area contributed by atoms with E-state index in [1.807, 2.05) is 6.92 Å². The van der Waals surface area contributed by atoms with Crippen molar-refractivity contribution in [2.45, 2.75) is 44.4 Å². The molecule has 100 valence electrons. The normalized spacial score (nSPS) is 29.3. The summed E-state index contributed by atoms with van der Waals surface area (Å²) in [6, 6.07) is 5.37. The first-order valence-electron chi connectivity index (χ1n) is 6.22. The van der Waals surface area contributed by atoms with Gasteiger partial charge in [-0.05, 0) is 36.8 Å². The summed E-state index contributed by atoms with van der Waals surface area (Å²) < 4.78 is 38.9. The number of halogens is 3. The molecule has 1 N–H and O–H groups in total. The molecule has 0 bridgehead atoms. The molecule has 2 rings (SSSR count). The van der Waals surface area contributed by atoms with Crippen molar-refractivity contribution >= 4 is 0 Å². The average Bonchev–Trinajstić information content (AvgIpc) is 2.27. The third-order valence-electron chi connectivity index (χ3n) is 3.71. The monoisotopic (exact) mass is 258 g/mol. The first kappa shape index (κ1) is 13.4. The van der Waals surface area contributed by atoms with Gasteiger partial charge in [0.2, 0.25) is 0 Å². The van der Waals surface area contributed by atoms with Gasteiger partial charge in [-0.1, -0.05) is 31.5 Å². The van der Waals surface area contributed by atoms with E-state index in [4.69, 9.17) is 0 Å². The van der Waals surface area contributed by atoms with Crippen LogP contribution in [-0.2, 0) is 11.8 Å². The van der Waals surface area contributed by atoms with Gasteiger partial charge in [0.15, 0.2) is 0 Å². The predicted molar refractivity (Wildman–Crippen MR) is 63.0 cm³/mol. The minimum atomic E-state index is -4.41. The molecule has 1 nitrogen and oxygen atoms in total. The molecular weight excluding hydrogens is 241 g/mol. The Morgan fingerprint density at radius 1 is 1.28 bits per heavy atom. The molecule has 1 aromatic carbocycles. The molecule has 0 aromatic heterocycles. The van der Waals surface area contributed by atoms with Crippen LogP contribution in [0.25, 0.3) is 0 Å². The van der Waals surface area contributed by atoms with Crippen molar-refractivity contribution in [2.75, 3.05) is 0 Å². The second-order valence-electron chi connectivity index (χ2n) is 5.28. The summed E-state index contributed by atoms with van der Waals surface area (Å²) in [5.74, 6) is 0.255. The van der Waals surface area contributed by atoms with E-state index in [2.05, 4.69) is 0 Å². The first-order chi connectivity index (χ1) is 8.33. The number of aliphatic hydroxyl groups is 1. The minimum Gasteiger partial charge on any atom is -0.385 e. The van der Waals surface area contributed by atoms with Gasteiger partial charge in [0, 0.05) is 0 Å². The molecule has 0 spiro atoms. The highest BCUT2D eigenvalue weighted by atomic mass is 19.4. The molecule has 1 aliphatic rings. The lowest BCUT2D eigenvalue weighted by Crippen LogP contribution is -2.34. The van der Waals surface area contributed by atoms with Crippen LogP contribution in [-0.4, -0.2) is 5.11 Å². The van der Waals surface area contributed by atoms with Crippen molar-refractivity contribution in [3.8, 4) is 0 Å². The zero-order valence-corrected chi connectivity index (χ0v) is 10.3. The Morgan fingerprint density at radius 3 is 2.56 bits per heavy atom. The van der Waals surface area contributed by atoms with Crippen molar-refractivity contribution < 1.29 is 18.3 Å². The van der Waals surface area contributed by atoms with Gasteiger partial charge in [-0.3, -0.25) is 0 Å². The maximum absolute atomic E-state index is 13.0. The van der Waals surface area contributed by atoms with Crippen LogP contribution in [0.2, 0.25) is 0 Å². The Bertz CT molecular complexity index is 427. The predicted octanol–water partition coefficient (Wildman–Crippen LogP) is 4.10. The topological polar surface area (TPSA) is 20.2 Å². The Kier molecular flexibility index (Phi) is 3.41. The second kappa shape index (κ2) is 4.57. The Balaban J connectivity index is 2.44. The van der Waals surface area contributed by atoms with Crippen molar-refractivity contribution in [3.05, 3.63) is 35.4 Å². The van der Waals surface area contributed by atoms with E-state index >= 15 is 0 Å². The van der Waals surface area contributed by atoms with E-state index in [9.17, 15) is 18.3 Å². The third kappa shape index (κ3) is 2.53. The molecule has 0 amide bonds. The molecule has 2 atom stereocenters. The van der Waals surface area contributed by atoms with Crippen molar-refractivity contribution in [1.29, 1.82) is 0 Å².